The smallest absolute Gasteiger partial charge is 0.0336 e. The van der Waals surface area contributed by atoms with E-state index in [2.05, 4.69) is 53.2 Å². The zero-order valence-electron chi connectivity index (χ0n) is 10.00. The lowest BCUT2D eigenvalue weighted by atomic mass is 9.93. The molecule has 5 heteroatoms. The molecule has 2 nitrogen and oxygen atoms in total. The molecule has 0 fully saturated rings. The molecule has 0 aliphatic rings. The highest BCUT2D eigenvalue weighted by atomic mass is 79.9. The molecule has 0 bridgehead atoms. The molecule has 1 rings (SSSR count). The Morgan fingerprint density at radius 1 is 1.50 bits per heavy atom. The van der Waals surface area contributed by atoms with Crippen molar-refractivity contribution in [3.8, 4) is 0 Å². The Kier molecular flexibility index (Phi) is 7.14. The highest BCUT2D eigenvalue weighted by Gasteiger charge is 2.18. The summed E-state index contributed by atoms with van der Waals surface area (Å²) in [5.41, 5.74) is 5.92. The topological polar surface area (TPSA) is 29.3 Å². The number of rotatable bonds is 5. The first-order valence-corrected chi connectivity index (χ1v) is 6.72. The third-order valence-electron chi connectivity index (χ3n) is 2.36. The van der Waals surface area contributed by atoms with Crippen molar-refractivity contribution in [3.05, 3.63) is 20.8 Å². The van der Waals surface area contributed by atoms with Gasteiger partial charge in [-0.1, -0.05) is 13.8 Å². The van der Waals surface area contributed by atoms with E-state index in [1.54, 1.807) is 11.3 Å². The first-order valence-electron chi connectivity index (χ1n) is 5.05. The van der Waals surface area contributed by atoms with Gasteiger partial charge in [-0.05, 0) is 46.4 Å². The van der Waals surface area contributed by atoms with Crippen molar-refractivity contribution < 1.29 is 0 Å². The molecule has 16 heavy (non-hydrogen) atoms. The third kappa shape index (κ3) is 5.15. The summed E-state index contributed by atoms with van der Waals surface area (Å²) >= 11 is 5.34. The van der Waals surface area contributed by atoms with Gasteiger partial charge in [-0.3, -0.25) is 0 Å². The number of hydrogen-bond donors (Lipinski definition) is 1. The molecule has 1 heterocycles. The second kappa shape index (κ2) is 6.97. The third-order valence-corrected chi connectivity index (χ3v) is 4.27. The monoisotopic (exact) mass is 326 g/mol. The number of halogens is 2. The molecule has 1 aromatic rings. The van der Waals surface area contributed by atoms with Crippen LogP contribution in [0.4, 0.5) is 0 Å². The summed E-state index contributed by atoms with van der Waals surface area (Å²) in [7, 11) is 2.14. The maximum absolute atomic E-state index is 5.72. The van der Waals surface area contributed by atoms with Gasteiger partial charge in [0.1, 0.15) is 0 Å². The van der Waals surface area contributed by atoms with Gasteiger partial charge < -0.3 is 10.6 Å². The summed E-state index contributed by atoms with van der Waals surface area (Å²) in [5.74, 6) is 0. The Morgan fingerprint density at radius 2 is 2.12 bits per heavy atom. The predicted octanol–water partition coefficient (Wildman–Crippen LogP) is 3.35. The van der Waals surface area contributed by atoms with Crippen molar-refractivity contribution in [2.45, 2.75) is 20.4 Å². The summed E-state index contributed by atoms with van der Waals surface area (Å²) in [6, 6.07) is 2.10. The standard InChI is InChI=1S/C11H19BrN2S.ClH/c1-11(2,7-13)8-14(3)6-10-9(12)4-5-15-10;/h4-5H,6-8,13H2,1-3H3;1H. The maximum atomic E-state index is 5.72. The van der Waals surface area contributed by atoms with Crippen LogP contribution >= 0.6 is 39.7 Å². The van der Waals surface area contributed by atoms with E-state index in [0.29, 0.717) is 0 Å². The summed E-state index contributed by atoms with van der Waals surface area (Å²) in [6.07, 6.45) is 0. The van der Waals surface area contributed by atoms with Crippen molar-refractivity contribution in [3.63, 3.8) is 0 Å². The second-order valence-electron chi connectivity index (χ2n) is 4.73. The maximum Gasteiger partial charge on any atom is 0.0336 e. The van der Waals surface area contributed by atoms with Gasteiger partial charge in [-0.2, -0.15) is 0 Å². The number of hydrogen-bond acceptors (Lipinski definition) is 3. The second-order valence-corrected chi connectivity index (χ2v) is 6.59. The largest absolute Gasteiger partial charge is 0.330 e. The summed E-state index contributed by atoms with van der Waals surface area (Å²) in [5, 5.41) is 2.11. The number of nitrogens with two attached hydrogens (primary N) is 1. The van der Waals surface area contributed by atoms with Gasteiger partial charge >= 0.3 is 0 Å². The average Bonchev–Trinajstić information content (AvgIpc) is 2.51. The van der Waals surface area contributed by atoms with Gasteiger partial charge in [-0.15, -0.1) is 23.7 Å². The Balaban J connectivity index is 0.00000225. The molecule has 0 aliphatic heterocycles. The van der Waals surface area contributed by atoms with Crippen LogP contribution in [-0.2, 0) is 6.54 Å². The first-order chi connectivity index (χ1) is 6.94. The van der Waals surface area contributed by atoms with Crippen molar-refractivity contribution in [2.24, 2.45) is 11.1 Å². The normalized spacial score (nSPS) is 11.6. The van der Waals surface area contributed by atoms with Gasteiger partial charge in [0, 0.05) is 22.4 Å². The molecule has 0 amide bonds. The average molecular weight is 328 g/mol. The highest BCUT2D eigenvalue weighted by Crippen LogP contribution is 2.25. The van der Waals surface area contributed by atoms with Crippen LogP contribution in [0, 0.1) is 5.41 Å². The van der Waals surface area contributed by atoms with E-state index in [0.717, 1.165) is 19.6 Å². The fourth-order valence-corrected chi connectivity index (χ4v) is 3.09. The van der Waals surface area contributed by atoms with Crippen LogP contribution in [0.2, 0.25) is 0 Å². The summed E-state index contributed by atoms with van der Waals surface area (Å²) < 4.78 is 1.21. The van der Waals surface area contributed by atoms with E-state index in [-0.39, 0.29) is 17.8 Å². The Morgan fingerprint density at radius 3 is 2.56 bits per heavy atom. The van der Waals surface area contributed by atoms with E-state index in [4.69, 9.17) is 5.73 Å². The molecule has 0 saturated carbocycles. The Labute approximate surface area is 117 Å². The number of thiophene rings is 1. The van der Waals surface area contributed by atoms with Crippen LogP contribution in [-0.4, -0.2) is 25.0 Å². The lowest BCUT2D eigenvalue weighted by Gasteiger charge is -2.28. The van der Waals surface area contributed by atoms with Crippen LogP contribution < -0.4 is 5.73 Å². The lowest BCUT2D eigenvalue weighted by molar-refractivity contribution is 0.211. The van der Waals surface area contributed by atoms with Gasteiger partial charge in [0.15, 0.2) is 0 Å². The molecule has 2 N–H and O–H groups in total. The molecule has 94 valence electrons. The van der Waals surface area contributed by atoms with Gasteiger partial charge in [0.25, 0.3) is 0 Å². The minimum atomic E-state index is 0. The molecule has 1 aromatic heterocycles. The predicted molar refractivity (Wildman–Crippen MR) is 78.4 cm³/mol. The van der Waals surface area contributed by atoms with Crippen molar-refractivity contribution in [2.75, 3.05) is 20.1 Å². The van der Waals surface area contributed by atoms with E-state index in [1.807, 2.05) is 0 Å². The number of nitrogens with zero attached hydrogens (tertiary/aromatic N) is 1. The van der Waals surface area contributed by atoms with Crippen LogP contribution in [0.15, 0.2) is 15.9 Å². The molecule has 0 unspecified atom stereocenters. The van der Waals surface area contributed by atoms with Gasteiger partial charge in [-0.25, -0.2) is 0 Å². The van der Waals surface area contributed by atoms with Crippen molar-refractivity contribution in [1.82, 2.24) is 4.90 Å². The Bertz CT molecular complexity index is 315. The van der Waals surface area contributed by atoms with Crippen molar-refractivity contribution >= 4 is 39.7 Å². The zero-order valence-corrected chi connectivity index (χ0v) is 13.2. The molecule has 0 radical (unpaired) electrons. The molecule has 0 aromatic carbocycles. The van der Waals surface area contributed by atoms with Gasteiger partial charge in [0.2, 0.25) is 0 Å². The molecule has 0 spiro atoms. The quantitative estimate of drug-likeness (QED) is 0.898. The van der Waals surface area contributed by atoms with E-state index >= 15 is 0 Å². The summed E-state index contributed by atoms with van der Waals surface area (Å²) in [4.78, 5) is 3.70. The molecule has 0 aliphatic carbocycles. The van der Waals surface area contributed by atoms with Crippen LogP contribution in [0.3, 0.4) is 0 Å². The fourth-order valence-electron chi connectivity index (χ4n) is 1.53. The Hall–Kier alpha value is 0.390. The van der Waals surface area contributed by atoms with E-state index in [1.165, 1.54) is 9.35 Å². The fraction of sp³-hybridized carbons (Fsp3) is 0.636. The zero-order chi connectivity index (χ0) is 11.5. The van der Waals surface area contributed by atoms with Crippen LogP contribution in [0.25, 0.3) is 0 Å². The lowest BCUT2D eigenvalue weighted by Crippen LogP contribution is -2.36. The molecular weight excluding hydrogens is 308 g/mol. The minimum absolute atomic E-state index is 0. The highest BCUT2D eigenvalue weighted by molar-refractivity contribution is 9.10. The molecule has 0 atom stereocenters. The summed E-state index contributed by atoms with van der Waals surface area (Å²) in [6.45, 7) is 7.14. The van der Waals surface area contributed by atoms with Crippen LogP contribution in [0.5, 0.6) is 0 Å². The first kappa shape index (κ1) is 16.4. The van der Waals surface area contributed by atoms with E-state index in [9.17, 15) is 0 Å². The SMILES string of the molecule is CN(Cc1sccc1Br)CC(C)(C)CN.Cl. The van der Waals surface area contributed by atoms with E-state index < -0.39 is 0 Å². The minimum Gasteiger partial charge on any atom is -0.330 e. The molecule has 0 saturated heterocycles. The van der Waals surface area contributed by atoms with Crippen molar-refractivity contribution in [1.29, 1.82) is 0 Å². The molecular formula is C11H20BrClN2S. The van der Waals surface area contributed by atoms with Gasteiger partial charge in [0.05, 0.1) is 0 Å². The van der Waals surface area contributed by atoms with Crippen LogP contribution in [0.1, 0.15) is 18.7 Å².